The summed E-state index contributed by atoms with van der Waals surface area (Å²) in [5, 5.41) is 0.445. The van der Waals surface area contributed by atoms with E-state index in [-0.39, 0.29) is 18.3 Å². The van der Waals surface area contributed by atoms with E-state index < -0.39 is 0 Å². The fourth-order valence-electron chi connectivity index (χ4n) is 6.16. The van der Waals surface area contributed by atoms with Gasteiger partial charge in [0.2, 0.25) is 11.8 Å². The van der Waals surface area contributed by atoms with Crippen LogP contribution in [0, 0.1) is 27.7 Å². The molecule has 0 radical (unpaired) electrons. The van der Waals surface area contributed by atoms with Gasteiger partial charge < -0.3 is 19.1 Å². The van der Waals surface area contributed by atoms with Crippen molar-refractivity contribution in [2.75, 3.05) is 32.8 Å². The van der Waals surface area contributed by atoms with Crippen molar-refractivity contribution in [1.82, 2.24) is 14.8 Å². The number of aromatic nitrogens is 1. The minimum atomic E-state index is -0.00399. The molecule has 0 bridgehead atoms. The molecule has 0 spiro atoms. The first-order valence-corrected chi connectivity index (χ1v) is 18.2. The predicted molar refractivity (Wildman–Crippen MR) is 216 cm³/mol. The molecule has 2 heterocycles. The van der Waals surface area contributed by atoms with Crippen LogP contribution in [0.4, 0.5) is 0 Å². The highest BCUT2D eigenvalue weighted by atomic mass is 35.5. The highest BCUT2D eigenvalue weighted by molar-refractivity contribution is 6.32. The van der Waals surface area contributed by atoms with Gasteiger partial charge in [-0.25, -0.2) is 4.98 Å². The molecule has 0 atom stereocenters. The first kappa shape index (κ1) is 39.4. The van der Waals surface area contributed by atoms with Crippen LogP contribution in [0.3, 0.4) is 0 Å². The summed E-state index contributed by atoms with van der Waals surface area (Å²) in [6, 6.07) is 30.5. The van der Waals surface area contributed by atoms with Gasteiger partial charge in [0.05, 0.1) is 17.8 Å². The van der Waals surface area contributed by atoms with Crippen molar-refractivity contribution in [3.05, 3.63) is 153 Å². The SMILES string of the molecule is Cc1ccc(COc2ccc(Oc3c(C)cc(/C=C/C(=O)N4CCN(Cc5ccc(CCOc6ccc(C)cc6)c(C)c5)CC4)cc3Cl)nc2)cc1.Cl. The van der Waals surface area contributed by atoms with E-state index in [0.717, 1.165) is 48.5 Å². The Morgan fingerprint density at radius 3 is 2.11 bits per heavy atom. The van der Waals surface area contributed by atoms with Crippen molar-refractivity contribution < 1.29 is 19.0 Å². The first-order valence-electron chi connectivity index (χ1n) is 17.8. The zero-order valence-electron chi connectivity index (χ0n) is 30.8. The molecule has 0 aliphatic carbocycles. The van der Waals surface area contributed by atoms with Gasteiger partial charge in [-0.1, -0.05) is 77.3 Å². The smallest absolute Gasteiger partial charge is 0.246 e. The summed E-state index contributed by atoms with van der Waals surface area (Å²) in [6.07, 6.45) is 5.95. The van der Waals surface area contributed by atoms with Crippen LogP contribution in [0.5, 0.6) is 23.1 Å². The van der Waals surface area contributed by atoms with E-state index in [9.17, 15) is 4.79 Å². The van der Waals surface area contributed by atoms with Gasteiger partial charge >= 0.3 is 0 Å². The number of rotatable bonds is 13. The molecule has 1 saturated heterocycles. The number of nitrogens with zero attached hydrogens (tertiary/aromatic N) is 3. The highest BCUT2D eigenvalue weighted by Crippen LogP contribution is 2.34. The molecular formula is C44H47Cl2N3O4. The molecule has 4 aromatic carbocycles. The molecule has 0 saturated carbocycles. The van der Waals surface area contributed by atoms with Crippen LogP contribution >= 0.6 is 24.0 Å². The maximum Gasteiger partial charge on any atom is 0.246 e. The average molecular weight is 753 g/mol. The number of benzene rings is 4. The summed E-state index contributed by atoms with van der Waals surface area (Å²) in [6.45, 7) is 13.2. The number of pyridine rings is 1. The average Bonchev–Trinajstić information content (AvgIpc) is 3.14. The Hall–Kier alpha value is -4.82. The quantitative estimate of drug-likeness (QED) is 0.112. The lowest BCUT2D eigenvalue weighted by Crippen LogP contribution is -2.47. The number of carbonyl (C=O) groups excluding carboxylic acids is 1. The fourth-order valence-corrected chi connectivity index (χ4v) is 6.47. The third-order valence-electron chi connectivity index (χ3n) is 9.27. The number of amides is 1. The van der Waals surface area contributed by atoms with Crippen LogP contribution < -0.4 is 14.2 Å². The van der Waals surface area contributed by atoms with Crippen molar-refractivity contribution >= 4 is 36.0 Å². The molecule has 1 fully saturated rings. The number of hydrogen-bond acceptors (Lipinski definition) is 6. The number of piperazine rings is 1. The van der Waals surface area contributed by atoms with Crippen LogP contribution in [0.25, 0.3) is 6.08 Å². The van der Waals surface area contributed by atoms with Crippen molar-refractivity contribution in [1.29, 1.82) is 0 Å². The molecule has 53 heavy (non-hydrogen) atoms. The molecule has 0 unspecified atom stereocenters. The summed E-state index contributed by atoms with van der Waals surface area (Å²) < 4.78 is 17.8. The van der Waals surface area contributed by atoms with Gasteiger partial charge in [-0.15, -0.1) is 12.4 Å². The predicted octanol–water partition coefficient (Wildman–Crippen LogP) is 9.74. The van der Waals surface area contributed by atoms with E-state index in [1.54, 1.807) is 24.4 Å². The molecule has 0 N–H and O–H groups in total. The zero-order valence-corrected chi connectivity index (χ0v) is 32.4. The molecule has 276 valence electrons. The molecule has 1 amide bonds. The Labute approximate surface area is 324 Å². The van der Waals surface area contributed by atoms with Crippen LogP contribution in [0.15, 0.2) is 103 Å². The van der Waals surface area contributed by atoms with Crippen LogP contribution in [0.1, 0.15) is 44.5 Å². The Bertz CT molecular complexity index is 1970. The van der Waals surface area contributed by atoms with Gasteiger partial charge in [0.1, 0.15) is 18.1 Å². The maximum atomic E-state index is 13.1. The first-order chi connectivity index (χ1) is 25.2. The lowest BCUT2D eigenvalue weighted by atomic mass is 10.0. The Morgan fingerprint density at radius 1 is 0.774 bits per heavy atom. The highest BCUT2D eigenvalue weighted by Gasteiger charge is 2.20. The minimum Gasteiger partial charge on any atom is -0.493 e. The minimum absolute atomic E-state index is 0. The number of hydrogen-bond donors (Lipinski definition) is 0. The molecule has 1 aliphatic rings. The molecule has 7 nitrogen and oxygen atoms in total. The van der Waals surface area contributed by atoms with Gasteiger partial charge in [-0.05, 0) is 97.5 Å². The van der Waals surface area contributed by atoms with E-state index in [1.807, 2.05) is 42.2 Å². The normalized spacial score (nSPS) is 13.1. The van der Waals surface area contributed by atoms with Gasteiger partial charge in [-0.3, -0.25) is 9.69 Å². The molecule has 5 aromatic rings. The van der Waals surface area contributed by atoms with Crippen molar-refractivity contribution in [3.63, 3.8) is 0 Å². The maximum absolute atomic E-state index is 13.1. The van der Waals surface area contributed by atoms with E-state index in [1.165, 1.54) is 27.8 Å². The monoisotopic (exact) mass is 751 g/mol. The third kappa shape index (κ3) is 11.3. The van der Waals surface area contributed by atoms with E-state index in [2.05, 4.69) is 85.3 Å². The van der Waals surface area contributed by atoms with Crippen molar-refractivity contribution in [2.45, 2.75) is 47.3 Å². The largest absolute Gasteiger partial charge is 0.493 e. The van der Waals surface area contributed by atoms with Crippen LogP contribution in [0.2, 0.25) is 5.02 Å². The number of ether oxygens (including phenoxy) is 3. The van der Waals surface area contributed by atoms with E-state index in [0.29, 0.717) is 48.7 Å². The zero-order chi connectivity index (χ0) is 36.5. The van der Waals surface area contributed by atoms with Gasteiger partial charge in [0.15, 0.2) is 5.75 Å². The second kappa shape index (κ2) is 18.8. The second-order valence-corrected chi connectivity index (χ2v) is 13.9. The van der Waals surface area contributed by atoms with Crippen molar-refractivity contribution in [2.24, 2.45) is 0 Å². The number of halogens is 2. The van der Waals surface area contributed by atoms with Gasteiger partial charge in [0.25, 0.3) is 0 Å². The van der Waals surface area contributed by atoms with Crippen LogP contribution in [-0.4, -0.2) is 53.5 Å². The third-order valence-corrected chi connectivity index (χ3v) is 9.55. The topological polar surface area (TPSA) is 64.1 Å². The number of aryl methyl sites for hydroxylation is 4. The molecule has 9 heteroatoms. The number of carbonyl (C=O) groups is 1. The summed E-state index contributed by atoms with van der Waals surface area (Å²) in [5.41, 5.74) is 9.08. The lowest BCUT2D eigenvalue weighted by molar-refractivity contribution is -0.127. The Balaban J connectivity index is 0.00000541. The summed E-state index contributed by atoms with van der Waals surface area (Å²) >= 11 is 6.64. The van der Waals surface area contributed by atoms with E-state index in [4.69, 9.17) is 25.8 Å². The summed E-state index contributed by atoms with van der Waals surface area (Å²) in [5.74, 6) is 2.50. The van der Waals surface area contributed by atoms with Gasteiger partial charge in [0, 0.05) is 51.3 Å². The summed E-state index contributed by atoms with van der Waals surface area (Å²) in [4.78, 5) is 21.8. The summed E-state index contributed by atoms with van der Waals surface area (Å²) in [7, 11) is 0. The second-order valence-electron chi connectivity index (χ2n) is 13.5. The standard InChI is InChI=1S/C44H46ClN3O4.ClH/c1-31-5-9-35(10-6-31)30-51-40-16-17-42(46-28-40)52-44-34(4)26-36(27-41(44)45)12-18-43(49)48-22-20-47(21-23-48)29-37-11-13-38(33(3)25-37)19-24-50-39-14-7-32(2)8-15-39;/h5-18,25-28H,19-24,29-30H2,1-4H3;1H/b18-12+;. The van der Waals surface area contributed by atoms with Gasteiger partial charge in [-0.2, -0.15) is 0 Å². The van der Waals surface area contributed by atoms with E-state index >= 15 is 0 Å². The Kier molecular flexibility index (Phi) is 14.0. The van der Waals surface area contributed by atoms with Crippen molar-refractivity contribution in [3.8, 4) is 23.1 Å². The molecule has 1 aromatic heterocycles. The lowest BCUT2D eigenvalue weighted by Gasteiger charge is -2.34. The Morgan fingerprint density at radius 2 is 1.45 bits per heavy atom. The molecule has 6 rings (SSSR count). The molecular weight excluding hydrogens is 705 g/mol. The fraction of sp³-hybridized carbons (Fsp3) is 0.273. The van der Waals surface area contributed by atoms with Crippen LogP contribution in [-0.2, 0) is 24.4 Å². The molecule has 1 aliphatic heterocycles.